The molecule has 1 heterocycles. The van der Waals surface area contributed by atoms with E-state index in [9.17, 15) is 5.21 Å². The molecule has 5 nitrogen and oxygen atoms in total. The van der Waals surface area contributed by atoms with Crippen molar-refractivity contribution in [3.63, 3.8) is 0 Å². The molecule has 2 aromatic rings. The topological polar surface area (TPSA) is 62.2 Å². The second-order valence-electron chi connectivity index (χ2n) is 3.29. The largest absolute Gasteiger partial charge is 0.384 e. The Morgan fingerprint density at radius 3 is 2.88 bits per heavy atom. The maximum absolute atomic E-state index is 11.5. The molecule has 1 aromatic carbocycles. The van der Waals surface area contributed by atoms with E-state index in [0.29, 0.717) is 22.2 Å². The number of methoxy groups -OCH3 is 1. The van der Waals surface area contributed by atoms with Gasteiger partial charge in [-0.1, -0.05) is 42.1 Å². The lowest BCUT2D eigenvalue weighted by atomic mass is 10.2. The van der Waals surface area contributed by atoms with Crippen molar-refractivity contribution in [1.82, 2.24) is 5.16 Å². The summed E-state index contributed by atoms with van der Waals surface area (Å²) in [4.78, 5) is 0.435. The van der Waals surface area contributed by atoms with Crippen LogP contribution in [-0.2, 0) is 4.74 Å². The third-order valence-electron chi connectivity index (χ3n) is 2.16. The van der Waals surface area contributed by atoms with Crippen molar-refractivity contribution < 1.29 is 14.3 Å². The highest BCUT2D eigenvalue weighted by Gasteiger charge is 2.20. The van der Waals surface area contributed by atoms with E-state index in [-0.39, 0.29) is 0 Å². The molecule has 90 valence electrons. The van der Waals surface area contributed by atoms with Crippen LogP contribution in [0.1, 0.15) is 0 Å². The molecule has 0 saturated heterocycles. The Bertz CT molecular complexity index is 473. The maximum Gasteiger partial charge on any atom is 0.282 e. The van der Waals surface area contributed by atoms with Gasteiger partial charge in [-0.25, -0.2) is 0 Å². The Morgan fingerprint density at radius 2 is 2.18 bits per heavy atom. The van der Waals surface area contributed by atoms with Gasteiger partial charge in [0.2, 0.25) is 5.69 Å². The third-order valence-corrected chi connectivity index (χ3v) is 3.07. The van der Waals surface area contributed by atoms with Crippen molar-refractivity contribution in [3.8, 4) is 11.3 Å². The van der Waals surface area contributed by atoms with Crippen molar-refractivity contribution in [1.29, 1.82) is 0 Å². The summed E-state index contributed by atoms with van der Waals surface area (Å²) < 4.78 is 9.58. The minimum Gasteiger partial charge on any atom is -0.384 e. The summed E-state index contributed by atoms with van der Waals surface area (Å²) in [5, 5.41) is 15.8. The van der Waals surface area contributed by atoms with Gasteiger partial charge in [0.25, 0.3) is 5.03 Å². The molecule has 0 aliphatic rings. The van der Waals surface area contributed by atoms with E-state index in [1.807, 2.05) is 30.3 Å². The summed E-state index contributed by atoms with van der Waals surface area (Å²) in [5.41, 5.74) is 1.25. The van der Waals surface area contributed by atoms with Gasteiger partial charge in [0.05, 0.1) is 11.8 Å². The van der Waals surface area contributed by atoms with Crippen LogP contribution in [0.4, 0.5) is 0 Å². The lowest BCUT2D eigenvalue weighted by Gasteiger charge is -1.98. The van der Waals surface area contributed by atoms with E-state index in [0.717, 1.165) is 11.3 Å². The van der Waals surface area contributed by atoms with Crippen LogP contribution in [0.5, 0.6) is 0 Å². The second kappa shape index (κ2) is 5.70. The van der Waals surface area contributed by atoms with Gasteiger partial charge in [0, 0.05) is 18.4 Å². The second-order valence-corrected chi connectivity index (χ2v) is 4.37. The van der Waals surface area contributed by atoms with Crippen LogP contribution in [0, 0.1) is 5.21 Å². The first-order valence-electron chi connectivity index (χ1n) is 5.10. The number of hydrogen-bond acceptors (Lipinski definition) is 5. The van der Waals surface area contributed by atoms with E-state index in [4.69, 9.17) is 4.74 Å². The molecular formula is C11H12N2O3S. The van der Waals surface area contributed by atoms with Crippen molar-refractivity contribution in [3.05, 3.63) is 35.5 Å². The molecule has 6 heteroatoms. The summed E-state index contributed by atoms with van der Waals surface area (Å²) in [6, 6.07) is 9.32. The van der Waals surface area contributed by atoms with E-state index >= 15 is 0 Å². The molecule has 0 fully saturated rings. The first kappa shape index (κ1) is 11.9. The predicted octanol–water partition coefficient (Wildman–Crippen LogP) is 1.71. The van der Waals surface area contributed by atoms with Crippen molar-refractivity contribution in [2.45, 2.75) is 5.03 Å². The van der Waals surface area contributed by atoms with Gasteiger partial charge in [0.15, 0.2) is 0 Å². The first-order chi connectivity index (χ1) is 8.33. The molecule has 0 amide bonds. The third kappa shape index (κ3) is 2.78. The fourth-order valence-electron chi connectivity index (χ4n) is 1.38. The SMILES string of the molecule is COCCSc1no[n+]([O-])c1-c1ccccc1. The Balaban J connectivity index is 2.24. The Labute approximate surface area is 103 Å². The Kier molecular flexibility index (Phi) is 4.00. The van der Waals surface area contributed by atoms with Crippen LogP contribution in [0.15, 0.2) is 40.0 Å². The van der Waals surface area contributed by atoms with E-state index in [2.05, 4.69) is 9.79 Å². The van der Waals surface area contributed by atoms with Crippen LogP contribution in [0.2, 0.25) is 0 Å². The molecule has 2 rings (SSSR count). The minimum atomic E-state index is 0.435. The molecule has 0 aliphatic carbocycles. The predicted molar refractivity (Wildman–Crippen MR) is 63.5 cm³/mol. The average molecular weight is 252 g/mol. The van der Waals surface area contributed by atoms with Gasteiger partial charge in [-0.15, -0.1) is 0 Å². The number of benzene rings is 1. The maximum atomic E-state index is 11.5. The van der Waals surface area contributed by atoms with Gasteiger partial charge >= 0.3 is 0 Å². The van der Waals surface area contributed by atoms with Gasteiger partial charge in [-0.05, 0) is 4.90 Å². The number of thioether (sulfide) groups is 1. The molecule has 0 bridgehead atoms. The fraction of sp³-hybridized carbons (Fsp3) is 0.273. The molecule has 0 spiro atoms. The number of hydrogen-bond donors (Lipinski definition) is 0. The highest BCUT2D eigenvalue weighted by molar-refractivity contribution is 7.99. The van der Waals surface area contributed by atoms with Crippen molar-refractivity contribution in [2.75, 3.05) is 19.5 Å². The van der Waals surface area contributed by atoms with Crippen molar-refractivity contribution in [2.24, 2.45) is 0 Å². The zero-order chi connectivity index (χ0) is 12.1. The molecule has 0 aliphatic heterocycles. The smallest absolute Gasteiger partial charge is 0.282 e. The monoisotopic (exact) mass is 252 g/mol. The van der Waals surface area contributed by atoms with E-state index < -0.39 is 0 Å². The van der Waals surface area contributed by atoms with Gasteiger partial charge in [-0.3, -0.25) is 4.63 Å². The first-order valence-corrected chi connectivity index (χ1v) is 6.08. The summed E-state index contributed by atoms with van der Waals surface area (Å²) in [6.45, 7) is 0.602. The quantitative estimate of drug-likeness (QED) is 0.460. The number of ether oxygens (including phenoxy) is 1. The molecule has 0 N–H and O–H groups in total. The molecule has 17 heavy (non-hydrogen) atoms. The van der Waals surface area contributed by atoms with Crippen LogP contribution >= 0.6 is 11.8 Å². The van der Waals surface area contributed by atoms with Gasteiger partial charge in [0.1, 0.15) is 0 Å². The van der Waals surface area contributed by atoms with Crippen LogP contribution in [0.3, 0.4) is 0 Å². The normalized spacial score (nSPS) is 10.6. The lowest BCUT2D eigenvalue weighted by Crippen LogP contribution is -2.25. The summed E-state index contributed by atoms with van der Waals surface area (Å²) in [6.07, 6.45) is 0. The van der Waals surface area contributed by atoms with E-state index in [1.54, 1.807) is 7.11 Å². The molecule has 0 radical (unpaired) electrons. The minimum absolute atomic E-state index is 0.435. The zero-order valence-electron chi connectivity index (χ0n) is 9.33. The van der Waals surface area contributed by atoms with Crippen LogP contribution in [-0.4, -0.2) is 24.6 Å². The fourth-order valence-corrected chi connectivity index (χ4v) is 2.24. The summed E-state index contributed by atoms with van der Waals surface area (Å²) in [7, 11) is 1.63. The van der Waals surface area contributed by atoms with E-state index in [1.165, 1.54) is 11.8 Å². The number of nitrogens with zero attached hydrogens (tertiary/aromatic N) is 2. The molecular weight excluding hydrogens is 240 g/mol. The number of rotatable bonds is 5. The molecule has 0 unspecified atom stereocenters. The Hall–Kier alpha value is -1.53. The van der Waals surface area contributed by atoms with Crippen LogP contribution < -0.4 is 4.90 Å². The molecule has 0 atom stereocenters. The average Bonchev–Trinajstić information content (AvgIpc) is 2.72. The van der Waals surface area contributed by atoms with Crippen LogP contribution in [0.25, 0.3) is 11.3 Å². The Morgan fingerprint density at radius 1 is 1.41 bits per heavy atom. The van der Waals surface area contributed by atoms with Gasteiger partial charge in [-0.2, -0.15) is 0 Å². The lowest BCUT2D eigenvalue weighted by molar-refractivity contribution is -0.793. The highest BCUT2D eigenvalue weighted by Crippen LogP contribution is 2.26. The number of aromatic nitrogens is 2. The standard InChI is InChI=1S/C11H12N2O3S/c1-15-7-8-17-11-10(13(14)16-12-11)9-5-3-2-4-6-9/h2-6H,7-8H2,1H3. The van der Waals surface area contributed by atoms with Gasteiger partial charge < -0.3 is 9.94 Å². The highest BCUT2D eigenvalue weighted by atomic mass is 32.2. The summed E-state index contributed by atoms with van der Waals surface area (Å²) >= 11 is 1.44. The summed E-state index contributed by atoms with van der Waals surface area (Å²) in [5.74, 6) is 0.725. The molecule has 0 saturated carbocycles. The van der Waals surface area contributed by atoms with Crippen molar-refractivity contribution >= 4 is 11.8 Å². The zero-order valence-corrected chi connectivity index (χ0v) is 10.1. The molecule has 1 aromatic heterocycles.